The number of nitrogens with two attached hydrogens (primary N) is 1. The topological polar surface area (TPSA) is 92.3 Å². The van der Waals surface area contributed by atoms with Crippen LogP contribution in [0.15, 0.2) is 24.3 Å². The highest BCUT2D eigenvalue weighted by molar-refractivity contribution is 6.08. The molecule has 0 radical (unpaired) electrons. The zero-order valence-corrected chi connectivity index (χ0v) is 16.4. The number of fused-ring (bicyclic) bond motifs is 2. The van der Waals surface area contributed by atoms with E-state index in [0.29, 0.717) is 41.6 Å². The van der Waals surface area contributed by atoms with Gasteiger partial charge in [0.25, 0.3) is 0 Å². The Kier molecular flexibility index (Phi) is 5.17. The Bertz CT molecular complexity index is 1010. The zero-order chi connectivity index (χ0) is 19.7. The van der Waals surface area contributed by atoms with Crippen molar-refractivity contribution in [2.45, 2.75) is 45.8 Å². The molecule has 0 spiro atoms. The number of rotatable bonds is 6. The third-order valence-electron chi connectivity index (χ3n) is 5.13. The van der Waals surface area contributed by atoms with E-state index < -0.39 is 5.97 Å². The Morgan fingerprint density at radius 1 is 1.32 bits per heavy atom. The molecule has 7 heteroatoms. The number of carbonyl (C=O) groups is 1. The first-order chi connectivity index (χ1) is 13.5. The Labute approximate surface area is 163 Å². The number of para-hydroxylation sites is 2. The van der Waals surface area contributed by atoms with E-state index in [-0.39, 0.29) is 6.10 Å². The van der Waals surface area contributed by atoms with Crippen LogP contribution in [0.3, 0.4) is 0 Å². The molecule has 0 aliphatic carbocycles. The van der Waals surface area contributed by atoms with Gasteiger partial charge in [0.05, 0.1) is 30.3 Å². The summed E-state index contributed by atoms with van der Waals surface area (Å²) >= 11 is 0. The maximum atomic E-state index is 12.8. The predicted octanol–water partition coefficient (Wildman–Crippen LogP) is 3.55. The van der Waals surface area contributed by atoms with Crippen LogP contribution >= 0.6 is 0 Å². The first-order valence-corrected chi connectivity index (χ1v) is 9.87. The number of hydrogen-bond acceptors (Lipinski definition) is 6. The van der Waals surface area contributed by atoms with Crippen LogP contribution in [0.25, 0.3) is 22.2 Å². The number of hydrogen-bond donors (Lipinski definition) is 1. The van der Waals surface area contributed by atoms with Crippen LogP contribution < -0.4 is 5.73 Å². The molecule has 1 aliphatic rings. The zero-order valence-electron chi connectivity index (χ0n) is 16.4. The molecule has 0 bridgehead atoms. The molecule has 1 saturated heterocycles. The second-order valence-corrected chi connectivity index (χ2v) is 7.71. The molecule has 2 aromatic heterocycles. The lowest BCUT2D eigenvalue weighted by Gasteiger charge is -2.13. The number of esters is 1. The third kappa shape index (κ3) is 3.54. The summed E-state index contributed by atoms with van der Waals surface area (Å²) in [7, 11) is 0. The molecule has 0 saturated carbocycles. The van der Waals surface area contributed by atoms with Crippen molar-refractivity contribution in [3.8, 4) is 0 Å². The second kappa shape index (κ2) is 7.75. The van der Waals surface area contributed by atoms with Crippen LogP contribution in [0, 0.1) is 5.92 Å². The lowest BCUT2D eigenvalue weighted by molar-refractivity contribution is 0.0490. The minimum atomic E-state index is -0.446. The Morgan fingerprint density at radius 2 is 2.07 bits per heavy atom. The number of carbonyl (C=O) groups excluding carboxylic acids is 1. The first-order valence-electron chi connectivity index (χ1n) is 9.87. The third-order valence-corrected chi connectivity index (χ3v) is 5.13. The summed E-state index contributed by atoms with van der Waals surface area (Å²) in [5, 5.41) is 0. The van der Waals surface area contributed by atoms with Crippen LogP contribution in [0.5, 0.6) is 0 Å². The summed E-state index contributed by atoms with van der Waals surface area (Å²) in [5.74, 6) is 0.351. The first kappa shape index (κ1) is 18.7. The highest BCUT2D eigenvalue weighted by Gasteiger charge is 2.27. The van der Waals surface area contributed by atoms with Crippen LogP contribution in [-0.2, 0) is 16.0 Å². The summed E-state index contributed by atoms with van der Waals surface area (Å²) in [6, 6.07) is 7.60. The fourth-order valence-electron chi connectivity index (χ4n) is 3.55. The summed E-state index contributed by atoms with van der Waals surface area (Å²) in [4.78, 5) is 22.3. The summed E-state index contributed by atoms with van der Waals surface area (Å²) in [5.41, 5.74) is 9.29. The molecule has 148 valence electrons. The fraction of sp³-hybridized carbons (Fsp3) is 0.476. The largest absolute Gasteiger partial charge is 0.462 e. The van der Waals surface area contributed by atoms with Crippen LogP contribution in [-0.4, -0.2) is 39.8 Å². The van der Waals surface area contributed by atoms with E-state index in [1.54, 1.807) is 0 Å². The average Bonchev–Trinajstić information content (AvgIpc) is 3.27. The molecule has 1 aromatic carbocycles. The molecular weight excluding hydrogens is 356 g/mol. The van der Waals surface area contributed by atoms with Crippen molar-refractivity contribution in [3.05, 3.63) is 29.8 Å². The summed E-state index contributed by atoms with van der Waals surface area (Å²) in [6.45, 7) is 5.84. The van der Waals surface area contributed by atoms with Crippen LogP contribution in [0.1, 0.15) is 43.5 Å². The van der Waals surface area contributed by atoms with Gasteiger partial charge in [-0.15, -0.1) is 0 Å². The van der Waals surface area contributed by atoms with Crippen molar-refractivity contribution in [3.63, 3.8) is 0 Å². The molecule has 1 fully saturated rings. The number of nitrogens with zero attached hydrogens (tertiary/aromatic N) is 3. The van der Waals surface area contributed by atoms with E-state index >= 15 is 0 Å². The van der Waals surface area contributed by atoms with Crippen molar-refractivity contribution >= 4 is 34.0 Å². The maximum absolute atomic E-state index is 12.8. The van der Waals surface area contributed by atoms with Crippen molar-refractivity contribution in [2.24, 2.45) is 5.92 Å². The molecule has 1 atom stereocenters. The second-order valence-electron chi connectivity index (χ2n) is 7.71. The van der Waals surface area contributed by atoms with E-state index in [1.807, 2.05) is 28.8 Å². The van der Waals surface area contributed by atoms with Gasteiger partial charge in [-0.1, -0.05) is 26.0 Å². The Balaban J connectivity index is 1.79. The number of benzene rings is 1. The Morgan fingerprint density at radius 3 is 2.75 bits per heavy atom. The predicted molar refractivity (Wildman–Crippen MR) is 108 cm³/mol. The lowest BCUT2D eigenvalue weighted by atomic mass is 10.1. The molecule has 0 unspecified atom stereocenters. The monoisotopic (exact) mass is 382 g/mol. The number of ether oxygens (including phenoxy) is 2. The van der Waals surface area contributed by atoms with Crippen molar-refractivity contribution in [1.82, 2.24) is 14.5 Å². The molecule has 7 nitrogen and oxygen atoms in total. The molecule has 3 heterocycles. The van der Waals surface area contributed by atoms with Gasteiger partial charge < -0.3 is 19.8 Å². The van der Waals surface area contributed by atoms with Gasteiger partial charge in [-0.3, -0.25) is 0 Å². The summed E-state index contributed by atoms with van der Waals surface area (Å²) < 4.78 is 13.1. The molecule has 0 amide bonds. The van der Waals surface area contributed by atoms with Gasteiger partial charge in [0.15, 0.2) is 5.65 Å². The Hall–Kier alpha value is -2.67. The SMILES string of the molecule is CC(C)CCOC(=O)c1c(N)n(C[C@H]2CCCO2)c2nc3ccccc3nc12. The minimum absolute atomic E-state index is 0.0657. The quantitative estimate of drug-likeness (QED) is 0.656. The van der Waals surface area contributed by atoms with E-state index in [0.717, 1.165) is 36.9 Å². The molecule has 4 rings (SSSR count). The summed E-state index contributed by atoms with van der Waals surface area (Å²) in [6.07, 6.45) is 2.86. The highest BCUT2D eigenvalue weighted by atomic mass is 16.5. The van der Waals surface area contributed by atoms with Gasteiger partial charge in [0.1, 0.15) is 16.9 Å². The minimum Gasteiger partial charge on any atom is -0.462 e. The number of nitrogen functional groups attached to an aromatic ring is 1. The smallest absolute Gasteiger partial charge is 0.344 e. The van der Waals surface area contributed by atoms with Crippen molar-refractivity contribution < 1.29 is 14.3 Å². The fourth-order valence-corrected chi connectivity index (χ4v) is 3.55. The molecule has 3 aromatic rings. The van der Waals surface area contributed by atoms with Crippen LogP contribution in [0.2, 0.25) is 0 Å². The van der Waals surface area contributed by atoms with E-state index in [1.165, 1.54) is 0 Å². The van der Waals surface area contributed by atoms with Gasteiger partial charge in [-0.25, -0.2) is 14.8 Å². The molecule has 28 heavy (non-hydrogen) atoms. The molecular formula is C21H26N4O3. The van der Waals surface area contributed by atoms with Gasteiger partial charge >= 0.3 is 5.97 Å². The van der Waals surface area contributed by atoms with E-state index in [2.05, 4.69) is 13.8 Å². The van der Waals surface area contributed by atoms with E-state index in [4.69, 9.17) is 25.2 Å². The highest BCUT2D eigenvalue weighted by Crippen LogP contribution is 2.30. The number of anilines is 1. The molecule has 2 N–H and O–H groups in total. The molecule has 1 aliphatic heterocycles. The standard InChI is InChI=1S/C21H26N4O3/c1-13(2)9-11-28-21(26)17-18-20(24-16-8-4-3-7-15(16)23-18)25(19(17)22)12-14-6-5-10-27-14/h3-4,7-8,13-14H,5-6,9-12,22H2,1-2H3/t14-/m1/s1. The van der Waals surface area contributed by atoms with Gasteiger partial charge in [-0.05, 0) is 37.3 Å². The van der Waals surface area contributed by atoms with E-state index in [9.17, 15) is 4.79 Å². The number of aromatic nitrogens is 3. The van der Waals surface area contributed by atoms with Gasteiger partial charge in [0, 0.05) is 6.61 Å². The van der Waals surface area contributed by atoms with Crippen molar-refractivity contribution in [1.29, 1.82) is 0 Å². The van der Waals surface area contributed by atoms with Crippen LogP contribution in [0.4, 0.5) is 5.82 Å². The van der Waals surface area contributed by atoms with Crippen molar-refractivity contribution in [2.75, 3.05) is 18.9 Å². The van der Waals surface area contributed by atoms with Gasteiger partial charge in [-0.2, -0.15) is 0 Å². The van der Waals surface area contributed by atoms with Gasteiger partial charge in [0.2, 0.25) is 0 Å². The normalized spacial score (nSPS) is 17.0. The average molecular weight is 382 g/mol. The maximum Gasteiger partial charge on any atom is 0.344 e. The lowest BCUT2D eigenvalue weighted by Crippen LogP contribution is -2.17.